The van der Waals surface area contributed by atoms with Gasteiger partial charge in [-0.2, -0.15) is 0 Å². The summed E-state index contributed by atoms with van der Waals surface area (Å²) in [5.74, 6) is -3.82. The van der Waals surface area contributed by atoms with Crippen LogP contribution < -0.4 is 4.74 Å². The molecule has 0 spiro atoms. The molecule has 20 heavy (non-hydrogen) atoms. The standard InChI is InChI=1S/C14H8ClF3O2/c1-20-8-5-11(17)13(12(18)6-8)14(19)9-3-2-7(16)4-10(9)15/h2-6H,1H3. The molecule has 0 aliphatic carbocycles. The highest BCUT2D eigenvalue weighted by Crippen LogP contribution is 2.26. The van der Waals surface area contributed by atoms with E-state index in [1.54, 1.807) is 0 Å². The number of hydrogen-bond donors (Lipinski definition) is 0. The Kier molecular flexibility index (Phi) is 3.99. The molecule has 6 heteroatoms. The van der Waals surface area contributed by atoms with Crippen molar-refractivity contribution in [2.75, 3.05) is 7.11 Å². The van der Waals surface area contributed by atoms with Gasteiger partial charge in [-0.15, -0.1) is 0 Å². The van der Waals surface area contributed by atoms with E-state index in [4.69, 9.17) is 11.6 Å². The van der Waals surface area contributed by atoms with Crippen molar-refractivity contribution in [2.45, 2.75) is 0 Å². The summed E-state index contributed by atoms with van der Waals surface area (Å²) in [6.07, 6.45) is 0. The monoisotopic (exact) mass is 300 g/mol. The quantitative estimate of drug-likeness (QED) is 0.801. The van der Waals surface area contributed by atoms with Crippen LogP contribution in [0.1, 0.15) is 15.9 Å². The van der Waals surface area contributed by atoms with Crippen LogP contribution in [0.25, 0.3) is 0 Å². The van der Waals surface area contributed by atoms with Crippen LogP contribution in [0.15, 0.2) is 30.3 Å². The normalized spacial score (nSPS) is 10.4. The summed E-state index contributed by atoms with van der Waals surface area (Å²) in [6, 6.07) is 4.72. The third kappa shape index (κ3) is 2.63. The van der Waals surface area contributed by atoms with Crippen molar-refractivity contribution in [3.8, 4) is 5.75 Å². The number of ketones is 1. The SMILES string of the molecule is COc1cc(F)c(C(=O)c2ccc(F)cc2Cl)c(F)c1. The zero-order valence-electron chi connectivity index (χ0n) is 10.2. The van der Waals surface area contributed by atoms with E-state index in [9.17, 15) is 18.0 Å². The first-order chi connectivity index (χ1) is 9.43. The van der Waals surface area contributed by atoms with Crippen LogP contribution in [0, 0.1) is 17.5 Å². The topological polar surface area (TPSA) is 26.3 Å². The maximum atomic E-state index is 13.8. The molecule has 0 aliphatic heterocycles. The van der Waals surface area contributed by atoms with Crippen LogP contribution in [0.4, 0.5) is 13.2 Å². The van der Waals surface area contributed by atoms with E-state index >= 15 is 0 Å². The van der Waals surface area contributed by atoms with Crippen molar-refractivity contribution < 1.29 is 22.7 Å². The van der Waals surface area contributed by atoms with Crippen LogP contribution in [0.3, 0.4) is 0 Å². The van der Waals surface area contributed by atoms with Crippen LogP contribution in [-0.2, 0) is 0 Å². The Morgan fingerprint density at radius 1 is 1.10 bits per heavy atom. The minimum Gasteiger partial charge on any atom is -0.497 e. The number of benzene rings is 2. The predicted molar refractivity (Wildman–Crippen MR) is 67.8 cm³/mol. The van der Waals surface area contributed by atoms with Crippen molar-refractivity contribution in [1.29, 1.82) is 0 Å². The Hall–Kier alpha value is -2.01. The lowest BCUT2D eigenvalue weighted by molar-refractivity contribution is 0.103. The van der Waals surface area contributed by atoms with E-state index in [-0.39, 0.29) is 16.3 Å². The molecule has 0 fully saturated rings. The Bertz CT molecular complexity index is 663. The van der Waals surface area contributed by atoms with Gasteiger partial charge in [0.25, 0.3) is 0 Å². The van der Waals surface area contributed by atoms with Crippen molar-refractivity contribution in [2.24, 2.45) is 0 Å². The molecule has 0 aromatic heterocycles. The van der Waals surface area contributed by atoms with Gasteiger partial charge in [-0.05, 0) is 18.2 Å². The molecular weight excluding hydrogens is 293 g/mol. The maximum absolute atomic E-state index is 13.8. The summed E-state index contributed by atoms with van der Waals surface area (Å²) in [5.41, 5.74) is -0.949. The van der Waals surface area contributed by atoms with Gasteiger partial charge in [-0.25, -0.2) is 13.2 Å². The minimum atomic E-state index is -1.08. The van der Waals surface area contributed by atoms with Gasteiger partial charge < -0.3 is 4.74 Å². The van der Waals surface area contributed by atoms with E-state index < -0.39 is 28.8 Å². The molecule has 0 saturated carbocycles. The van der Waals surface area contributed by atoms with Gasteiger partial charge in [0.15, 0.2) is 5.78 Å². The molecule has 0 aliphatic rings. The highest BCUT2D eigenvalue weighted by Gasteiger charge is 2.22. The average molecular weight is 301 g/mol. The second-order valence-electron chi connectivity index (χ2n) is 3.92. The molecule has 2 aromatic carbocycles. The summed E-state index contributed by atoms with van der Waals surface area (Å²) >= 11 is 5.71. The molecule has 2 nitrogen and oxygen atoms in total. The van der Waals surface area contributed by atoms with Gasteiger partial charge >= 0.3 is 0 Å². The van der Waals surface area contributed by atoms with Crippen LogP contribution >= 0.6 is 11.6 Å². The first-order valence-corrected chi connectivity index (χ1v) is 5.84. The molecule has 2 aromatic rings. The molecule has 0 bridgehead atoms. The first-order valence-electron chi connectivity index (χ1n) is 5.47. The molecule has 0 amide bonds. The lowest BCUT2D eigenvalue weighted by Gasteiger charge is -2.08. The molecule has 0 unspecified atom stereocenters. The number of ether oxygens (including phenoxy) is 1. The van der Waals surface area contributed by atoms with Gasteiger partial charge in [-0.1, -0.05) is 11.6 Å². The number of carbonyl (C=O) groups excluding carboxylic acids is 1. The van der Waals surface area contributed by atoms with Crippen LogP contribution in [-0.4, -0.2) is 12.9 Å². The lowest BCUT2D eigenvalue weighted by Crippen LogP contribution is -2.09. The number of carbonyl (C=O) groups is 1. The fourth-order valence-corrected chi connectivity index (χ4v) is 1.95. The third-order valence-corrected chi connectivity index (χ3v) is 2.97. The van der Waals surface area contributed by atoms with E-state index in [1.807, 2.05) is 0 Å². The lowest BCUT2D eigenvalue weighted by atomic mass is 10.0. The van der Waals surface area contributed by atoms with E-state index in [0.29, 0.717) is 0 Å². The molecule has 0 saturated heterocycles. The smallest absolute Gasteiger partial charge is 0.200 e. The molecular formula is C14H8ClF3O2. The zero-order valence-corrected chi connectivity index (χ0v) is 11.0. The summed E-state index contributed by atoms with van der Waals surface area (Å²) in [7, 11) is 1.24. The molecule has 0 radical (unpaired) electrons. The van der Waals surface area contributed by atoms with Gasteiger partial charge in [0.1, 0.15) is 23.2 Å². The Morgan fingerprint density at radius 2 is 1.70 bits per heavy atom. The number of rotatable bonds is 3. The highest BCUT2D eigenvalue weighted by atomic mass is 35.5. The van der Waals surface area contributed by atoms with E-state index in [2.05, 4.69) is 4.74 Å². The van der Waals surface area contributed by atoms with Crippen molar-refractivity contribution in [3.63, 3.8) is 0 Å². The van der Waals surface area contributed by atoms with E-state index in [0.717, 1.165) is 30.3 Å². The van der Waals surface area contributed by atoms with Crippen molar-refractivity contribution in [3.05, 3.63) is 63.9 Å². The Morgan fingerprint density at radius 3 is 2.20 bits per heavy atom. The molecule has 0 atom stereocenters. The van der Waals surface area contributed by atoms with E-state index in [1.165, 1.54) is 7.11 Å². The second kappa shape index (κ2) is 5.54. The summed E-state index contributed by atoms with van der Waals surface area (Å²) < 4.78 is 45.2. The fraction of sp³-hybridized carbons (Fsp3) is 0.0714. The number of halogens is 4. The van der Waals surface area contributed by atoms with Crippen LogP contribution in [0.5, 0.6) is 5.75 Å². The predicted octanol–water partition coefficient (Wildman–Crippen LogP) is 4.00. The number of methoxy groups -OCH3 is 1. The molecule has 0 N–H and O–H groups in total. The second-order valence-corrected chi connectivity index (χ2v) is 4.33. The number of hydrogen-bond acceptors (Lipinski definition) is 2. The van der Waals surface area contributed by atoms with Crippen molar-refractivity contribution >= 4 is 17.4 Å². The first kappa shape index (κ1) is 14.4. The highest BCUT2D eigenvalue weighted by molar-refractivity contribution is 6.35. The van der Waals surface area contributed by atoms with Gasteiger partial charge in [0.2, 0.25) is 0 Å². The van der Waals surface area contributed by atoms with Crippen molar-refractivity contribution in [1.82, 2.24) is 0 Å². The fourth-order valence-electron chi connectivity index (χ4n) is 1.69. The summed E-state index contributed by atoms with van der Waals surface area (Å²) in [6.45, 7) is 0. The maximum Gasteiger partial charge on any atom is 0.200 e. The minimum absolute atomic E-state index is 0.0539. The Labute approximate surface area is 117 Å². The summed E-state index contributed by atoms with van der Waals surface area (Å²) in [4.78, 5) is 12.1. The Balaban J connectivity index is 2.54. The molecule has 2 rings (SSSR count). The van der Waals surface area contributed by atoms with Gasteiger partial charge in [0.05, 0.1) is 17.7 Å². The van der Waals surface area contributed by atoms with Gasteiger partial charge in [0, 0.05) is 17.7 Å². The van der Waals surface area contributed by atoms with Gasteiger partial charge in [-0.3, -0.25) is 4.79 Å². The summed E-state index contributed by atoms with van der Waals surface area (Å²) in [5, 5.41) is -0.218. The largest absolute Gasteiger partial charge is 0.497 e. The zero-order chi connectivity index (χ0) is 14.9. The molecule has 104 valence electrons. The van der Waals surface area contributed by atoms with Crippen LogP contribution in [0.2, 0.25) is 5.02 Å². The average Bonchev–Trinajstić information content (AvgIpc) is 2.37. The molecule has 0 heterocycles. The third-order valence-electron chi connectivity index (χ3n) is 2.65.